The zero-order valence-corrected chi connectivity index (χ0v) is 19.4. The highest BCUT2D eigenvalue weighted by molar-refractivity contribution is 6.35. The highest BCUT2D eigenvalue weighted by Crippen LogP contribution is 2.29. The lowest BCUT2D eigenvalue weighted by Gasteiger charge is -2.11. The molecule has 4 aromatic rings. The van der Waals surface area contributed by atoms with Crippen molar-refractivity contribution in [3.05, 3.63) is 112 Å². The molecule has 4 rings (SSSR count). The maximum Gasteiger partial charge on any atom is 0.257 e. The fourth-order valence-electron chi connectivity index (χ4n) is 3.33. The van der Waals surface area contributed by atoms with Crippen LogP contribution in [0, 0.1) is 0 Å². The maximum absolute atomic E-state index is 12.8. The minimum Gasteiger partial charge on any atom is -0.398 e. The first-order valence-electron chi connectivity index (χ1n) is 10.4. The Morgan fingerprint density at radius 2 is 1.65 bits per heavy atom. The summed E-state index contributed by atoms with van der Waals surface area (Å²) in [7, 11) is 0. The zero-order valence-electron chi connectivity index (χ0n) is 17.9. The van der Waals surface area contributed by atoms with Gasteiger partial charge in [-0.05, 0) is 60.2 Å². The summed E-state index contributed by atoms with van der Waals surface area (Å²) in [6, 6.07) is 22.4. The Balaban J connectivity index is 1.46. The Kier molecular flexibility index (Phi) is 7.11. The highest BCUT2D eigenvalue weighted by Gasteiger charge is 2.15. The van der Waals surface area contributed by atoms with Crippen LogP contribution in [0.2, 0.25) is 10.0 Å². The molecule has 34 heavy (non-hydrogen) atoms. The third kappa shape index (κ3) is 5.36. The molecule has 1 heterocycles. The van der Waals surface area contributed by atoms with Crippen LogP contribution in [0.5, 0.6) is 0 Å². The minimum atomic E-state index is -0.414. The van der Waals surface area contributed by atoms with Crippen molar-refractivity contribution in [3.8, 4) is 11.3 Å². The average Bonchev–Trinajstić information content (AvgIpc) is 2.85. The monoisotopic (exact) mass is 490 g/mol. The van der Waals surface area contributed by atoms with Gasteiger partial charge >= 0.3 is 0 Å². The largest absolute Gasteiger partial charge is 0.398 e. The molecular formula is C26H20Cl2N4O2. The van der Waals surface area contributed by atoms with Crippen LogP contribution in [0.1, 0.15) is 26.3 Å². The quantitative estimate of drug-likeness (QED) is 0.296. The highest BCUT2D eigenvalue weighted by atomic mass is 35.5. The molecule has 0 radical (unpaired) electrons. The molecule has 0 aliphatic heterocycles. The number of pyridine rings is 1. The van der Waals surface area contributed by atoms with Crippen molar-refractivity contribution < 1.29 is 9.59 Å². The van der Waals surface area contributed by atoms with Gasteiger partial charge in [-0.1, -0.05) is 47.5 Å². The molecule has 8 heteroatoms. The molecule has 0 saturated heterocycles. The van der Waals surface area contributed by atoms with Gasteiger partial charge in [0.25, 0.3) is 11.8 Å². The van der Waals surface area contributed by atoms with Crippen LogP contribution in [-0.2, 0) is 6.54 Å². The molecule has 0 atom stereocenters. The van der Waals surface area contributed by atoms with Crippen LogP contribution >= 0.6 is 23.2 Å². The molecule has 170 valence electrons. The van der Waals surface area contributed by atoms with Crippen LogP contribution < -0.4 is 16.4 Å². The van der Waals surface area contributed by atoms with Gasteiger partial charge in [0, 0.05) is 35.2 Å². The van der Waals surface area contributed by atoms with E-state index >= 15 is 0 Å². The Morgan fingerprint density at radius 1 is 0.853 bits per heavy atom. The number of benzene rings is 3. The third-order valence-corrected chi connectivity index (χ3v) is 5.78. The maximum atomic E-state index is 12.8. The number of nitrogens with two attached hydrogens (primary N) is 1. The summed E-state index contributed by atoms with van der Waals surface area (Å²) in [5.74, 6) is -0.738. The second kappa shape index (κ2) is 10.4. The van der Waals surface area contributed by atoms with Gasteiger partial charge in [0.2, 0.25) is 0 Å². The Bertz CT molecular complexity index is 1360. The molecule has 0 unspecified atom stereocenters. The molecule has 3 aromatic carbocycles. The van der Waals surface area contributed by atoms with Crippen LogP contribution in [-0.4, -0.2) is 16.8 Å². The van der Waals surface area contributed by atoms with E-state index in [4.69, 9.17) is 28.9 Å². The number of hydrogen-bond donors (Lipinski definition) is 3. The summed E-state index contributed by atoms with van der Waals surface area (Å²) >= 11 is 12.6. The number of carbonyl (C=O) groups is 2. The first kappa shape index (κ1) is 23.3. The number of nitrogens with zero attached hydrogens (tertiary/aromatic N) is 1. The molecule has 2 amide bonds. The summed E-state index contributed by atoms with van der Waals surface area (Å²) in [6.07, 6.45) is 1.67. The van der Waals surface area contributed by atoms with E-state index in [1.807, 2.05) is 36.4 Å². The Morgan fingerprint density at radius 3 is 2.38 bits per heavy atom. The van der Waals surface area contributed by atoms with Crippen LogP contribution in [0.25, 0.3) is 11.3 Å². The van der Waals surface area contributed by atoms with Gasteiger partial charge in [-0.25, -0.2) is 0 Å². The van der Waals surface area contributed by atoms with Gasteiger partial charge < -0.3 is 16.4 Å². The molecule has 0 aliphatic carbocycles. The van der Waals surface area contributed by atoms with Crippen molar-refractivity contribution in [2.75, 3.05) is 11.1 Å². The van der Waals surface area contributed by atoms with E-state index in [0.29, 0.717) is 33.2 Å². The van der Waals surface area contributed by atoms with Crippen LogP contribution in [0.3, 0.4) is 0 Å². The van der Waals surface area contributed by atoms with Gasteiger partial charge in [-0.2, -0.15) is 0 Å². The number of aromatic nitrogens is 1. The summed E-state index contributed by atoms with van der Waals surface area (Å²) in [5.41, 5.74) is 9.80. The topological polar surface area (TPSA) is 97.1 Å². The first-order chi connectivity index (χ1) is 16.4. The number of halogens is 2. The Hall–Kier alpha value is -3.87. The van der Waals surface area contributed by atoms with Gasteiger partial charge in [0.15, 0.2) is 0 Å². The fraction of sp³-hybridized carbons (Fsp3) is 0.0385. The zero-order chi connectivity index (χ0) is 24.1. The van der Waals surface area contributed by atoms with Crippen molar-refractivity contribution in [1.29, 1.82) is 0 Å². The molecule has 1 aromatic heterocycles. The van der Waals surface area contributed by atoms with E-state index in [1.54, 1.807) is 36.5 Å². The molecule has 0 bridgehead atoms. The molecule has 0 spiro atoms. The molecule has 6 nitrogen and oxygen atoms in total. The van der Waals surface area contributed by atoms with Crippen LogP contribution in [0.4, 0.5) is 11.4 Å². The lowest BCUT2D eigenvalue weighted by Crippen LogP contribution is -2.23. The molecule has 0 fully saturated rings. The molecular weight excluding hydrogens is 471 g/mol. The fourth-order valence-corrected chi connectivity index (χ4v) is 3.81. The van der Waals surface area contributed by atoms with Crippen molar-refractivity contribution in [3.63, 3.8) is 0 Å². The number of rotatable bonds is 6. The van der Waals surface area contributed by atoms with E-state index in [1.165, 1.54) is 12.1 Å². The lowest BCUT2D eigenvalue weighted by atomic mass is 10.1. The van der Waals surface area contributed by atoms with E-state index < -0.39 is 5.91 Å². The van der Waals surface area contributed by atoms with Crippen LogP contribution in [0.15, 0.2) is 85.1 Å². The van der Waals surface area contributed by atoms with Gasteiger partial charge in [-0.3, -0.25) is 14.6 Å². The molecule has 0 saturated carbocycles. The smallest absolute Gasteiger partial charge is 0.257 e. The Labute approximate surface area is 206 Å². The molecule has 4 N–H and O–H groups in total. The number of carbonyl (C=O) groups excluding carboxylic acids is 2. The third-order valence-electron chi connectivity index (χ3n) is 5.14. The molecule has 0 aliphatic rings. The van der Waals surface area contributed by atoms with E-state index in [2.05, 4.69) is 15.6 Å². The second-order valence-electron chi connectivity index (χ2n) is 7.44. The number of anilines is 2. The van der Waals surface area contributed by atoms with Gasteiger partial charge in [-0.15, -0.1) is 0 Å². The predicted molar refractivity (Wildman–Crippen MR) is 136 cm³/mol. The van der Waals surface area contributed by atoms with Gasteiger partial charge in [0.1, 0.15) is 0 Å². The first-order valence-corrected chi connectivity index (χ1v) is 11.1. The van der Waals surface area contributed by atoms with E-state index in [9.17, 15) is 9.59 Å². The standard InChI is InChI=1S/C26H20Cl2N4O2/c27-21-11-9-18(14-20(21)24-7-3-4-12-30-24)32-26(34)19-10-8-16(13-22(19)28)25(33)31-15-17-5-1-2-6-23(17)29/h1-14H,15,29H2,(H,31,33)(H,32,34). The summed E-state index contributed by atoms with van der Waals surface area (Å²) < 4.78 is 0. The van der Waals surface area contributed by atoms with E-state index in [0.717, 1.165) is 5.56 Å². The summed E-state index contributed by atoms with van der Waals surface area (Å²) in [5, 5.41) is 6.29. The number of hydrogen-bond acceptors (Lipinski definition) is 4. The van der Waals surface area contributed by atoms with Crippen molar-refractivity contribution in [2.45, 2.75) is 6.54 Å². The predicted octanol–water partition coefficient (Wildman–Crippen LogP) is 5.82. The number of nitrogens with one attached hydrogen (secondary N) is 2. The summed E-state index contributed by atoms with van der Waals surface area (Å²) in [4.78, 5) is 29.7. The van der Waals surface area contributed by atoms with Crippen molar-refractivity contribution >= 4 is 46.4 Å². The van der Waals surface area contributed by atoms with Crippen molar-refractivity contribution in [2.24, 2.45) is 0 Å². The van der Waals surface area contributed by atoms with E-state index in [-0.39, 0.29) is 23.0 Å². The summed E-state index contributed by atoms with van der Waals surface area (Å²) in [6.45, 7) is 0.278. The number of nitrogen functional groups attached to an aromatic ring is 1. The normalized spacial score (nSPS) is 10.5. The minimum absolute atomic E-state index is 0.156. The number of amides is 2. The lowest BCUT2D eigenvalue weighted by molar-refractivity contribution is 0.0949. The van der Waals surface area contributed by atoms with Crippen molar-refractivity contribution in [1.82, 2.24) is 10.3 Å². The SMILES string of the molecule is Nc1ccccc1CNC(=O)c1ccc(C(=O)Nc2ccc(Cl)c(-c3ccccn3)c2)c(Cl)c1. The number of para-hydroxylation sites is 1. The van der Waals surface area contributed by atoms with Gasteiger partial charge in [0.05, 0.1) is 21.3 Å². The average molecular weight is 491 g/mol. The second-order valence-corrected chi connectivity index (χ2v) is 8.25.